The largest absolute Gasteiger partial charge is 0.450 e. The van der Waals surface area contributed by atoms with E-state index in [-0.39, 0.29) is 12.1 Å². The third-order valence-electron chi connectivity index (χ3n) is 9.87. The predicted octanol–water partition coefficient (Wildman–Crippen LogP) is 15.2. The van der Waals surface area contributed by atoms with Crippen LogP contribution in [-0.4, -0.2) is 18.7 Å². The molecule has 3 heteroatoms. The van der Waals surface area contributed by atoms with E-state index in [0.717, 1.165) is 25.7 Å². The van der Waals surface area contributed by atoms with Gasteiger partial charge in [-0.2, -0.15) is 0 Å². The lowest BCUT2D eigenvalue weighted by Crippen LogP contribution is -2.35. The second-order valence-electron chi connectivity index (χ2n) is 14.5. The lowest BCUT2D eigenvalue weighted by atomic mass is 9.99. The fourth-order valence-corrected chi connectivity index (χ4v) is 6.68. The fraction of sp³-hybridized carbons (Fsp3) is 0.976. The molecule has 0 aliphatic heterocycles. The number of alkyl carbamates (subject to hydrolysis) is 1. The number of hydrogen-bond acceptors (Lipinski definition) is 2. The van der Waals surface area contributed by atoms with E-state index < -0.39 is 0 Å². The molecule has 0 radical (unpaired) electrons. The summed E-state index contributed by atoms with van der Waals surface area (Å²) in [5.41, 5.74) is 0. The second kappa shape index (κ2) is 39.4. The third-order valence-corrected chi connectivity index (χ3v) is 9.87. The SMILES string of the molecule is CCCCCCCCCCCCCCCCCCC(CCCCCCCCCCCCCCCCCC)NC(=O)OCCCC. The van der Waals surface area contributed by atoms with Gasteiger partial charge in [-0.05, 0) is 19.3 Å². The molecule has 0 aromatic rings. The van der Waals surface area contributed by atoms with Gasteiger partial charge in [0.15, 0.2) is 0 Å². The van der Waals surface area contributed by atoms with E-state index in [1.807, 2.05) is 0 Å². The molecule has 0 aliphatic rings. The molecule has 0 saturated carbocycles. The van der Waals surface area contributed by atoms with Gasteiger partial charge in [0.1, 0.15) is 0 Å². The first kappa shape index (κ1) is 44.3. The molecule has 0 saturated heterocycles. The smallest absolute Gasteiger partial charge is 0.407 e. The van der Waals surface area contributed by atoms with E-state index in [1.54, 1.807) is 0 Å². The molecule has 270 valence electrons. The van der Waals surface area contributed by atoms with Crippen LogP contribution in [0.5, 0.6) is 0 Å². The van der Waals surface area contributed by atoms with Crippen LogP contribution in [0.1, 0.15) is 252 Å². The van der Waals surface area contributed by atoms with Crippen molar-refractivity contribution in [2.45, 2.75) is 258 Å². The lowest BCUT2D eigenvalue weighted by Gasteiger charge is -2.19. The minimum Gasteiger partial charge on any atom is -0.450 e. The zero-order valence-corrected chi connectivity index (χ0v) is 31.6. The average Bonchev–Trinajstić information content (AvgIpc) is 3.04. The molecule has 0 fully saturated rings. The molecule has 0 atom stereocenters. The minimum atomic E-state index is -0.193. The normalized spacial score (nSPS) is 11.5. The highest BCUT2D eigenvalue weighted by atomic mass is 16.5. The fourth-order valence-electron chi connectivity index (χ4n) is 6.68. The summed E-state index contributed by atoms with van der Waals surface area (Å²) in [5.74, 6) is 0. The summed E-state index contributed by atoms with van der Waals surface area (Å²) in [5, 5.41) is 3.22. The van der Waals surface area contributed by atoms with Gasteiger partial charge in [-0.15, -0.1) is 0 Å². The highest BCUT2D eigenvalue weighted by Crippen LogP contribution is 2.18. The molecule has 0 spiro atoms. The number of hydrogen-bond donors (Lipinski definition) is 1. The summed E-state index contributed by atoms with van der Waals surface area (Å²) in [6.45, 7) is 7.28. The monoisotopic (exact) mass is 636 g/mol. The van der Waals surface area contributed by atoms with Crippen LogP contribution >= 0.6 is 0 Å². The van der Waals surface area contributed by atoms with Crippen LogP contribution in [0.25, 0.3) is 0 Å². The number of nitrogens with one attached hydrogen (secondary N) is 1. The van der Waals surface area contributed by atoms with Crippen molar-refractivity contribution in [3.8, 4) is 0 Å². The molecule has 1 amide bonds. The van der Waals surface area contributed by atoms with E-state index >= 15 is 0 Å². The first-order valence-electron chi connectivity index (χ1n) is 21.2. The van der Waals surface area contributed by atoms with Crippen molar-refractivity contribution in [3.05, 3.63) is 0 Å². The number of amides is 1. The Balaban J connectivity index is 3.78. The Kier molecular flexibility index (Phi) is 38.8. The number of ether oxygens (including phenoxy) is 1. The summed E-state index contributed by atoms with van der Waals surface area (Å²) >= 11 is 0. The minimum absolute atomic E-state index is 0.193. The Labute approximate surface area is 285 Å². The first-order chi connectivity index (χ1) is 22.2. The molecule has 0 rings (SSSR count). The van der Waals surface area contributed by atoms with Crippen molar-refractivity contribution in [2.75, 3.05) is 6.61 Å². The predicted molar refractivity (Wildman–Crippen MR) is 202 cm³/mol. The summed E-state index contributed by atoms with van der Waals surface area (Å²) < 4.78 is 5.43. The summed E-state index contributed by atoms with van der Waals surface area (Å²) in [6, 6.07) is 0.289. The molecule has 0 bridgehead atoms. The van der Waals surface area contributed by atoms with Crippen molar-refractivity contribution in [2.24, 2.45) is 0 Å². The molecule has 1 N–H and O–H groups in total. The molecule has 0 aliphatic carbocycles. The maximum atomic E-state index is 12.3. The van der Waals surface area contributed by atoms with Crippen LogP contribution in [0, 0.1) is 0 Å². The molecular formula is C42H85NO2. The van der Waals surface area contributed by atoms with Gasteiger partial charge in [-0.1, -0.05) is 233 Å². The van der Waals surface area contributed by atoms with Crippen molar-refractivity contribution in [1.82, 2.24) is 5.32 Å². The Hall–Kier alpha value is -0.730. The average molecular weight is 636 g/mol. The van der Waals surface area contributed by atoms with Gasteiger partial charge in [0.05, 0.1) is 6.61 Å². The standard InChI is InChI=1S/C42H85NO2/c1-4-7-10-12-14-16-18-20-22-24-26-28-30-32-34-36-38-41(43-42(44)45-40-9-6-3)39-37-35-33-31-29-27-25-23-21-19-17-15-13-11-8-5-2/h41H,4-40H2,1-3H3,(H,43,44). The number of carbonyl (C=O) groups excluding carboxylic acids is 1. The van der Waals surface area contributed by atoms with Crippen molar-refractivity contribution in [3.63, 3.8) is 0 Å². The molecule has 3 nitrogen and oxygen atoms in total. The maximum absolute atomic E-state index is 12.3. The van der Waals surface area contributed by atoms with Gasteiger partial charge in [0, 0.05) is 6.04 Å². The molecule has 0 aromatic carbocycles. The van der Waals surface area contributed by atoms with Crippen LogP contribution < -0.4 is 5.32 Å². The van der Waals surface area contributed by atoms with Crippen LogP contribution in [0.2, 0.25) is 0 Å². The molecular weight excluding hydrogens is 550 g/mol. The maximum Gasteiger partial charge on any atom is 0.407 e. The highest BCUT2D eigenvalue weighted by Gasteiger charge is 2.13. The zero-order valence-electron chi connectivity index (χ0n) is 31.6. The topological polar surface area (TPSA) is 38.3 Å². The summed E-state index contributed by atoms with van der Waals surface area (Å²) in [4.78, 5) is 12.3. The third kappa shape index (κ3) is 37.6. The molecule has 0 unspecified atom stereocenters. The van der Waals surface area contributed by atoms with Crippen LogP contribution in [0.15, 0.2) is 0 Å². The summed E-state index contributed by atoms with van der Waals surface area (Å²) in [6.07, 6.45) is 48.9. The Morgan fingerprint density at radius 3 is 0.889 bits per heavy atom. The van der Waals surface area contributed by atoms with Crippen molar-refractivity contribution in [1.29, 1.82) is 0 Å². The van der Waals surface area contributed by atoms with E-state index in [2.05, 4.69) is 26.1 Å². The van der Waals surface area contributed by atoms with Crippen LogP contribution in [0.3, 0.4) is 0 Å². The van der Waals surface area contributed by atoms with Gasteiger partial charge in [-0.3, -0.25) is 0 Å². The van der Waals surface area contributed by atoms with E-state index in [1.165, 1.54) is 205 Å². The molecule has 45 heavy (non-hydrogen) atoms. The first-order valence-corrected chi connectivity index (χ1v) is 21.2. The second-order valence-corrected chi connectivity index (χ2v) is 14.5. The van der Waals surface area contributed by atoms with Gasteiger partial charge < -0.3 is 10.1 Å². The molecule has 0 heterocycles. The Morgan fingerprint density at radius 2 is 0.622 bits per heavy atom. The number of carbonyl (C=O) groups is 1. The van der Waals surface area contributed by atoms with Crippen molar-refractivity contribution < 1.29 is 9.53 Å². The highest BCUT2D eigenvalue weighted by molar-refractivity contribution is 5.67. The van der Waals surface area contributed by atoms with Crippen LogP contribution in [0.4, 0.5) is 4.79 Å². The van der Waals surface area contributed by atoms with Gasteiger partial charge >= 0.3 is 6.09 Å². The van der Waals surface area contributed by atoms with E-state index in [9.17, 15) is 4.79 Å². The van der Waals surface area contributed by atoms with Crippen LogP contribution in [-0.2, 0) is 4.74 Å². The van der Waals surface area contributed by atoms with E-state index in [4.69, 9.17) is 4.74 Å². The lowest BCUT2D eigenvalue weighted by molar-refractivity contribution is 0.139. The van der Waals surface area contributed by atoms with Gasteiger partial charge in [0.25, 0.3) is 0 Å². The Morgan fingerprint density at radius 1 is 0.378 bits per heavy atom. The van der Waals surface area contributed by atoms with Crippen molar-refractivity contribution >= 4 is 6.09 Å². The zero-order chi connectivity index (χ0) is 32.7. The number of rotatable bonds is 38. The number of unbranched alkanes of at least 4 members (excludes halogenated alkanes) is 31. The summed E-state index contributed by atoms with van der Waals surface area (Å²) in [7, 11) is 0. The van der Waals surface area contributed by atoms with E-state index in [0.29, 0.717) is 6.61 Å². The molecule has 0 aromatic heterocycles. The quantitative estimate of drug-likeness (QED) is 0.0685. The van der Waals surface area contributed by atoms with Gasteiger partial charge in [0.2, 0.25) is 0 Å². The Bertz CT molecular complexity index is 515. The van der Waals surface area contributed by atoms with Gasteiger partial charge in [-0.25, -0.2) is 4.79 Å².